The molecule has 0 aromatic heterocycles. The Morgan fingerprint density at radius 2 is 1.76 bits per heavy atom. The first-order valence-electron chi connectivity index (χ1n) is 9.89. The molecule has 0 fully saturated rings. The molecule has 2 atom stereocenters. The van der Waals surface area contributed by atoms with E-state index in [-0.39, 0.29) is 36.6 Å². The van der Waals surface area contributed by atoms with Gasteiger partial charge in [-0.1, -0.05) is 48.9 Å². The quantitative estimate of drug-likeness (QED) is 0.639. The Labute approximate surface area is 177 Å². The van der Waals surface area contributed by atoms with E-state index in [1.165, 1.54) is 12.1 Å². The number of nitrogens with one attached hydrogen (secondary N) is 1. The van der Waals surface area contributed by atoms with E-state index in [1.807, 2.05) is 32.0 Å². The van der Waals surface area contributed by atoms with E-state index in [4.69, 9.17) is 11.6 Å². The molecule has 2 aromatic rings. The number of rotatable bonds is 9. The van der Waals surface area contributed by atoms with Gasteiger partial charge in [0.15, 0.2) is 0 Å². The van der Waals surface area contributed by atoms with E-state index < -0.39 is 6.04 Å². The van der Waals surface area contributed by atoms with Crippen molar-refractivity contribution in [1.29, 1.82) is 0 Å². The Bertz CT molecular complexity index is 826. The average Bonchev–Trinajstić information content (AvgIpc) is 2.71. The van der Waals surface area contributed by atoms with Crippen molar-refractivity contribution in [2.75, 3.05) is 0 Å². The van der Waals surface area contributed by atoms with Gasteiger partial charge in [0, 0.05) is 24.0 Å². The van der Waals surface area contributed by atoms with Crippen LogP contribution in [0.5, 0.6) is 0 Å². The summed E-state index contributed by atoms with van der Waals surface area (Å²) in [6.45, 7) is 5.86. The van der Waals surface area contributed by atoms with Crippen LogP contribution in [0.25, 0.3) is 0 Å². The highest BCUT2D eigenvalue weighted by Gasteiger charge is 2.26. The van der Waals surface area contributed by atoms with Crippen molar-refractivity contribution in [2.45, 2.75) is 58.7 Å². The normalized spacial score (nSPS) is 12.9. The Balaban J connectivity index is 2.15. The van der Waals surface area contributed by atoms with E-state index in [0.29, 0.717) is 11.4 Å². The van der Waals surface area contributed by atoms with Crippen molar-refractivity contribution in [1.82, 2.24) is 10.2 Å². The third-order valence-electron chi connectivity index (χ3n) is 5.00. The van der Waals surface area contributed by atoms with Crippen molar-refractivity contribution in [3.05, 3.63) is 70.5 Å². The lowest BCUT2D eigenvalue weighted by Gasteiger charge is -2.30. The highest BCUT2D eigenvalue weighted by Crippen LogP contribution is 2.18. The topological polar surface area (TPSA) is 49.4 Å². The fourth-order valence-corrected chi connectivity index (χ4v) is 3.15. The van der Waals surface area contributed by atoms with Crippen molar-refractivity contribution < 1.29 is 14.0 Å². The fourth-order valence-electron chi connectivity index (χ4n) is 2.92. The van der Waals surface area contributed by atoms with Gasteiger partial charge < -0.3 is 10.2 Å². The summed E-state index contributed by atoms with van der Waals surface area (Å²) in [6, 6.07) is 12.7. The van der Waals surface area contributed by atoms with E-state index in [0.717, 1.165) is 17.5 Å². The van der Waals surface area contributed by atoms with Gasteiger partial charge in [-0.25, -0.2) is 4.39 Å². The smallest absolute Gasteiger partial charge is 0.242 e. The monoisotopic (exact) mass is 418 g/mol. The van der Waals surface area contributed by atoms with Crippen molar-refractivity contribution in [3.8, 4) is 0 Å². The van der Waals surface area contributed by atoms with Gasteiger partial charge in [0.1, 0.15) is 11.9 Å². The molecular formula is C23H28ClFN2O2. The molecule has 0 spiro atoms. The van der Waals surface area contributed by atoms with Gasteiger partial charge in [0.05, 0.1) is 0 Å². The van der Waals surface area contributed by atoms with Crippen molar-refractivity contribution >= 4 is 23.4 Å². The molecule has 0 radical (unpaired) electrons. The molecular weight excluding hydrogens is 391 g/mol. The molecule has 156 valence electrons. The predicted molar refractivity (Wildman–Crippen MR) is 114 cm³/mol. The molecule has 0 unspecified atom stereocenters. The summed E-state index contributed by atoms with van der Waals surface area (Å²) in [5.41, 5.74) is 1.65. The highest BCUT2D eigenvalue weighted by atomic mass is 35.5. The second kappa shape index (κ2) is 11.0. The van der Waals surface area contributed by atoms with Crippen LogP contribution < -0.4 is 5.32 Å². The summed E-state index contributed by atoms with van der Waals surface area (Å²) in [6.07, 6.45) is 1.51. The number of hydrogen-bond acceptors (Lipinski definition) is 2. The molecule has 0 saturated heterocycles. The van der Waals surface area contributed by atoms with Gasteiger partial charge in [-0.3, -0.25) is 9.59 Å². The van der Waals surface area contributed by atoms with Crippen LogP contribution in [0.1, 0.15) is 44.7 Å². The second-order valence-corrected chi connectivity index (χ2v) is 7.64. The maximum atomic E-state index is 13.2. The number of carbonyl (C=O) groups excluding carboxylic acids is 2. The van der Waals surface area contributed by atoms with Crippen LogP contribution in [-0.4, -0.2) is 28.8 Å². The van der Waals surface area contributed by atoms with Gasteiger partial charge in [0.25, 0.3) is 0 Å². The molecule has 2 amide bonds. The maximum absolute atomic E-state index is 13.2. The number of halogens is 2. The summed E-state index contributed by atoms with van der Waals surface area (Å²) < 4.78 is 13.2. The van der Waals surface area contributed by atoms with Crippen molar-refractivity contribution in [2.24, 2.45) is 0 Å². The minimum atomic E-state index is -0.646. The first-order valence-corrected chi connectivity index (χ1v) is 10.3. The molecule has 6 heteroatoms. The van der Waals surface area contributed by atoms with Gasteiger partial charge in [-0.15, -0.1) is 0 Å². The Hall–Kier alpha value is -2.40. The van der Waals surface area contributed by atoms with Crippen LogP contribution in [0.3, 0.4) is 0 Å². The molecule has 0 saturated carbocycles. The summed E-state index contributed by atoms with van der Waals surface area (Å²) in [5, 5.41) is 3.55. The lowest BCUT2D eigenvalue weighted by molar-refractivity contribution is -0.140. The number of amides is 2. The molecule has 1 N–H and O–H groups in total. The number of nitrogens with zero attached hydrogens (tertiary/aromatic N) is 1. The van der Waals surface area contributed by atoms with Gasteiger partial charge >= 0.3 is 0 Å². The van der Waals surface area contributed by atoms with Crippen LogP contribution in [0.15, 0.2) is 48.5 Å². The first kappa shape index (κ1) is 22.9. The fraction of sp³-hybridized carbons (Fsp3) is 0.391. The maximum Gasteiger partial charge on any atom is 0.242 e. The summed E-state index contributed by atoms with van der Waals surface area (Å²) >= 11 is 6.19. The van der Waals surface area contributed by atoms with Crippen LogP contribution in [-0.2, 0) is 22.6 Å². The van der Waals surface area contributed by atoms with Crippen LogP contribution in [0.4, 0.5) is 4.39 Å². The SMILES string of the molecule is CC[C@@H](C)NC(=O)[C@H](C)N(Cc1ccc(F)cc1)C(=O)CCc1ccccc1Cl. The van der Waals surface area contributed by atoms with Crippen LogP contribution in [0.2, 0.25) is 5.02 Å². The lowest BCUT2D eigenvalue weighted by Crippen LogP contribution is -2.49. The predicted octanol–water partition coefficient (Wildman–Crippen LogP) is 4.74. The molecule has 29 heavy (non-hydrogen) atoms. The third kappa shape index (κ3) is 6.86. The van der Waals surface area contributed by atoms with Crippen molar-refractivity contribution in [3.63, 3.8) is 0 Å². The van der Waals surface area contributed by atoms with Crippen LogP contribution in [0, 0.1) is 5.82 Å². The van der Waals surface area contributed by atoms with Gasteiger partial charge in [-0.05, 0) is 56.0 Å². The van der Waals surface area contributed by atoms with Gasteiger partial charge in [0.2, 0.25) is 11.8 Å². The zero-order valence-corrected chi connectivity index (χ0v) is 17.9. The third-order valence-corrected chi connectivity index (χ3v) is 5.37. The molecule has 0 bridgehead atoms. The van der Waals surface area contributed by atoms with E-state index >= 15 is 0 Å². The Morgan fingerprint density at radius 1 is 1.10 bits per heavy atom. The Morgan fingerprint density at radius 3 is 2.38 bits per heavy atom. The van der Waals surface area contributed by atoms with E-state index in [9.17, 15) is 14.0 Å². The molecule has 0 aliphatic rings. The molecule has 0 heterocycles. The zero-order chi connectivity index (χ0) is 21.4. The van der Waals surface area contributed by atoms with E-state index in [1.54, 1.807) is 30.0 Å². The average molecular weight is 419 g/mol. The molecule has 2 aromatic carbocycles. The zero-order valence-electron chi connectivity index (χ0n) is 17.1. The number of hydrogen-bond donors (Lipinski definition) is 1. The second-order valence-electron chi connectivity index (χ2n) is 7.23. The first-order chi connectivity index (χ1) is 13.8. The number of benzene rings is 2. The summed E-state index contributed by atoms with van der Waals surface area (Å²) in [5.74, 6) is -0.693. The lowest BCUT2D eigenvalue weighted by atomic mass is 10.1. The molecule has 4 nitrogen and oxygen atoms in total. The summed E-state index contributed by atoms with van der Waals surface area (Å²) in [7, 11) is 0. The highest BCUT2D eigenvalue weighted by molar-refractivity contribution is 6.31. The standard InChI is InChI=1S/C23H28ClFN2O2/c1-4-16(2)26-23(29)17(3)27(15-18-9-12-20(25)13-10-18)22(28)14-11-19-7-5-6-8-21(19)24/h5-10,12-13,16-17H,4,11,14-15H2,1-3H3,(H,26,29)/t16-,17+/m1/s1. The number of carbonyl (C=O) groups is 2. The summed E-state index contributed by atoms with van der Waals surface area (Å²) in [4.78, 5) is 27.2. The minimum absolute atomic E-state index is 0.0239. The molecule has 0 aliphatic heterocycles. The van der Waals surface area contributed by atoms with Crippen LogP contribution >= 0.6 is 11.6 Å². The molecule has 0 aliphatic carbocycles. The van der Waals surface area contributed by atoms with E-state index in [2.05, 4.69) is 5.32 Å². The number of aryl methyl sites for hydroxylation is 1. The largest absolute Gasteiger partial charge is 0.352 e. The van der Waals surface area contributed by atoms with Gasteiger partial charge in [-0.2, -0.15) is 0 Å². The Kier molecular flexibility index (Phi) is 8.65. The molecule has 2 rings (SSSR count). The minimum Gasteiger partial charge on any atom is -0.352 e.